The maximum Gasteiger partial charge on any atom is 0.241 e. The highest BCUT2D eigenvalue weighted by atomic mass is 16.6. The van der Waals surface area contributed by atoms with Crippen LogP contribution in [0.4, 0.5) is 0 Å². The molecule has 9 nitrogen and oxygen atoms in total. The number of aliphatic hydroxyl groups is 4. The summed E-state index contributed by atoms with van der Waals surface area (Å²) in [5, 5.41) is 42.1. The molecule has 0 saturated carbocycles. The third kappa shape index (κ3) is 4.11. The summed E-state index contributed by atoms with van der Waals surface area (Å²) in [4.78, 5) is 22.0. The molecule has 9 heteroatoms. The zero-order chi connectivity index (χ0) is 14.6. The van der Waals surface area contributed by atoms with Gasteiger partial charge in [-0.15, -0.1) is 0 Å². The number of ether oxygens (including phenoxy) is 1. The Hall–Kier alpha value is -1.26. The third-order valence-corrected chi connectivity index (χ3v) is 2.69. The molecular weight excluding hydrogens is 260 g/mol. The van der Waals surface area contributed by atoms with Crippen LogP contribution in [0, 0.1) is 0 Å². The number of hydrogen-bond donors (Lipinski definition) is 6. The second-order valence-corrected chi connectivity index (χ2v) is 4.23. The molecular formula is C10H18N2O7. The smallest absolute Gasteiger partial charge is 0.241 e. The molecule has 19 heavy (non-hydrogen) atoms. The van der Waals surface area contributed by atoms with Gasteiger partial charge in [-0.25, -0.2) is 0 Å². The minimum absolute atomic E-state index is 0.315. The molecule has 1 saturated heterocycles. The molecule has 0 unspecified atom stereocenters. The summed E-state index contributed by atoms with van der Waals surface area (Å²) in [6.45, 7) is 0.342. The number of nitrogens with one attached hydrogen (secondary N) is 2. The van der Waals surface area contributed by atoms with Crippen molar-refractivity contribution in [2.75, 3.05) is 13.2 Å². The summed E-state index contributed by atoms with van der Waals surface area (Å²) in [7, 11) is 0. The Bertz CT molecular complexity index is 336. The summed E-state index contributed by atoms with van der Waals surface area (Å²) in [6, 6.07) is 0. The van der Waals surface area contributed by atoms with Gasteiger partial charge in [0.05, 0.1) is 13.2 Å². The Kier molecular flexibility index (Phi) is 5.63. The molecule has 0 bridgehead atoms. The maximum atomic E-state index is 11.4. The van der Waals surface area contributed by atoms with Crippen molar-refractivity contribution in [3.05, 3.63) is 0 Å². The zero-order valence-corrected chi connectivity index (χ0v) is 10.3. The molecule has 0 aliphatic carbocycles. The van der Waals surface area contributed by atoms with Crippen LogP contribution < -0.4 is 10.6 Å². The van der Waals surface area contributed by atoms with Crippen molar-refractivity contribution in [1.82, 2.24) is 10.6 Å². The normalized spacial score (nSPS) is 34.7. The molecule has 0 radical (unpaired) electrons. The molecule has 6 N–H and O–H groups in total. The average molecular weight is 278 g/mol. The Morgan fingerprint density at radius 2 is 1.79 bits per heavy atom. The lowest BCUT2D eigenvalue weighted by Gasteiger charge is -2.40. The first-order valence-electron chi connectivity index (χ1n) is 5.71. The van der Waals surface area contributed by atoms with E-state index in [0.29, 0.717) is 0 Å². The number of aliphatic hydroxyl groups excluding tert-OH is 4. The van der Waals surface area contributed by atoms with E-state index in [1.54, 1.807) is 0 Å². The quantitative estimate of drug-likeness (QED) is 0.307. The van der Waals surface area contributed by atoms with Gasteiger partial charge < -0.3 is 35.8 Å². The van der Waals surface area contributed by atoms with Gasteiger partial charge in [-0.05, 0) is 0 Å². The van der Waals surface area contributed by atoms with Crippen LogP contribution in [0.25, 0.3) is 0 Å². The van der Waals surface area contributed by atoms with E-state index in [4.69, 9.17) is 9.84 Å². The summed E-state index contributed by atoms with van der Waals surface area (Å²) < 4.78 is 5.05. The van der Waals surface area contributed by atoms with E-state index in [1.807, 2.05) is 0 Å². The fraction of sp³-hybridized carbons (Fsp3) is 0.800. The van der Waals surface area contributed by atoms with E-state index >= 15 is 0 Å². The van der Waals surface area contributed by atoms with Crippen LogP contribution in [0.15, 0.2) is 0 Å². The molecule has 0 aromatic rings. The SMILES string of the molecule is CC(=O)NCC(=O)N[C@H]1O[C@@H](CO)[C@H](O)[C@@H](O)[C@@H]1O. The zero-order valence-electron chi connectivity index (χ0n) is 10.3. The van der Waals surface area contributed by atoms with Crippen molar-refractivity contribution in [3.8, 4) is 0 Å². The van der Waals surface area contributed by atoms with Crippen LogP contribution in [0.1, 0.15) is 6.92 Å². The Labute approximate surface area is 109 Å². The Morgan fingerprint density at radius 1 is 1.16 bits per heavy atom. The van der Waals surface area contributed by atoms with E-state index in [2.05, 4.69) is 10.6 Å². The van der Waals surface area contributed by atoms with Gasteiger partial charge in [0.25, 0.3) is 0 Å². The summed E-state index contributed by atoms with van der Waals surface area (Å²) >= 11 is 0. The van der Waals surface area contributed by atoms with Crippen LogP contribution in [-0.4, -0.2) is 76.0 Å². The van der Waals surface area contributed by atoms with Crippen molar-refractivity contribution in [1.29, 1.82) is 0 Å². The number of carbonyl (C=O) groups excluding carboxylic acids is 2. The van der Waals surface area contributed by atoms with Gasteiger partial charge in [-0.2, -0.15) is 0 Å². The highest BCUT2D eigenvalue weighted by molar-refractivity contribution is 5.83. The minimum Gasteiger partial charge on any atom is -0.394 e. The van der Waals surface area contributed by atoms with Gasteiger partial charge in [0, 0.05) is 6.92 Å². The van der Waals surface area contributed by atoms with Gasteiger partial charge in [0.1, 0.15) is 24.4 Å². The Morgan fingerprint density at radius 3 is 2.32 bits per heavy atom. The second kappa shape index (κ2) is 6.78. The van der Waals surface area contributed by atoms with Crippen molar-refractivity contribution in [2.45, 2.75) is 37.6 Å². The third-order valence-electron chi connectivity index (χ3n) is 2.69. The van der Waals surface area contributed by atoms with Gasteiger partial charge in [-0.3, -0.25) is 9.59 Å². The predicted molar refractivity (Wildman–Crippen MR) is 60.6 cm³/mol. The number of carbonyl (C=O) groups is 2. The molecule has 1 rings (SSSR count). The van der Waals surface area contributed by atoms with E-state index in [0.717, 1.165) is 0 Å². The monoisotopic (exact) mass is 278 g/mol. The fourth-order valence-corrected chi connectivity index (χ4v) is 1.64. The lowest BCUT2D eigenvalue weighted by Crippen LogP contribution is -2.63. The van der Waals surface area contributed by atoms with Crippen molar-refractivity contribution in [2.24, 2.45) is 0 Å². The van der Waals surface area contributed by atoms with Crippen molar-refractivity contribution in [3.63, 3.8) is 0 Å². The fourth-order valence-electron chi connectivity index (χ4n) is 1.64. The van der Waals surface area contributed by atoms with E-state index in [9.17, 15) is 24.9 Å². The van der Waals surface area contributed by atoms with Gasteiger partial charge >= 0.3 is 0 Å². The number of rotatable bonds is 4. The van der Waals surface area contributed by atoms with Gasteiger partial charge in [0.2, 0.25) is 11.8 Å². The van der Waals surface area contributed by atoms with E-state index in [1.165, 1.54) is 6.92 Å². The maximum absolute atomic E-state index is 11.4. The number of hydrogen-bond acceptors (Lipinski definition) is 7. The summed E-state index contributed by atoms with van der Waals surface area (Å²) in [5.41, 5.74) is 0. The Balaban J connectivity index is 2.56. The highest BCUT2D eigenvalue weighted by Crippen LogP contribution is 2.19. The largest absolute Gasteiger partial charge is 0.394 e. The average Bonchev–Trinajstić information content (AvgIpc) is 2.37. The molecule has 2 amide bonds. The number of amides is 2. The second-order valence-electron chi connectivity index (χ2n) is 4.23. The van der Waals surface area contributed by atoms with Crippen LogP contribution >= 0.6 is 0 Å². The molecule has 1 aliphatic rings. The lowest BCUT2D eigenvalue weighted by molar-refractivity contribution is -0.235. The van der Waals surface area contributed by atoms with Crippen LogP contribution in [-0.2, 0) is 14.3 Å². The molecule has 5 atom stereocenters. The topological polar surface area (TPSA) is 148 Å². The standard InChI is InChI=1S/C10H18N2O7/c1-4(14)11-2-6(15)12-10-9(18)8(17)7(16)5(3-13)19-10/h5,7-10,13,16-18H,2-3H2,1H3,(H,11,14)(H,12,15)/t5-,7-,8+,9-,10-/m0/s1. The van der Waals surface area contributed by atoms with Crippen LogP contribution in [0.2, 0.25) is 0 Å². The van der Waals surface area contributed by atoms with Crippen molar-refractivity contribution >= 4 is 11.8 Å². The first-order chi connectivity index (χ1) is 8.86. The summed E-state index contributed by atoms with van der Waals surface area (Å²) in [5.74, 6) is -1.04. The first-order valence-corrected chi connectivity index (χ1v) is 5.71. The lowest BCUT2D eigenvalue weighted by atomic mass is 9.98. The minimum atomic E-state index is -1.56. The molecule has 0 aromatic heterocycles. The molecule has 1 fully saturated rings. The molecule has 1 heterocycles. The molecule has 0 aromatic carbocycles. The summed E-state index contributed by atoms with van der Waals surface area (Å²) in [6.07, 6.45) is -6.96. The van der Waals surface area contributed by atoms with Gasteiger partial charge in [-0.1, -0.05) is 0 Å². The van der Waals surface area contributed by atoms with E-state index in [-0.39, 0.29) is 6.54 Å². The molecule has 0 spiro atoms. The highest BCUT2D eigenvalue weighted by Gasteiger charge is 2.43. The van der Waals surface area contributed by atoms with Crippen molar-refractivity contribution < 1.29 is 34.8 Å². The van der Waals surface area contributed by atoms with Crippen LogP contribution in [0.5, 0.6) is 0 Å². The van der Waals surface area contributed by atoms with E-state index < -0.39 is 49.1 Å². The van der Waals surface area contributed by atoms with Crippen LogP contribution in [0.3, 0.4) is 0 Å². The predicted octanol–water partition coefficient (Wildman–Crippen LogP) is -3.96. The van der Waals surface area contributed by atoms with Gasteiger partial charge in [0.15, 0.2) is 6.23 Å². The molecule has 110 valence electrons. The first kappa shape index (κ1) is 15.8. The molecule has 1 aliphatic heterocycles.